The minimum atomic E-state index is -4.13. The molecule has 1 fully saturated rings. The van der Waals surface area contributed by atoms with E-state index in [4.69, 9.17) is 5.73 Å². The van der Waals surface area contributed by atoms with Gasteiger partial charge in [-0.3, -0.25) is 4.90 Å². The normalized spacial score (nSPS) is 32.1. The third-order valence-corrected chi connectivity index (χ3v) is 3.39. The number of nitrogens with two attached hydrogens (primary N) is 1. The van der Waals surface area contributed by atoms with Crippen molar-refractivity contribution in [2.45, 2.75) is 51.4 Å². The van der Waals surface area contributed by atoms with Crippen molar-refractivity contribution in [1.82, 2.24) is 4.90 Å². The van der Waals surface area contributed by atoms with E-state index in [0.717, 1.165) is 19.3 Å². The van der Waals surface area contributed by atoms with Crippen LogP contribution in [0.3, 0.4) is 0 Å². The van der Waals surface area contributed by atoms with Gasteiger partial charge in [0.25, 0.3) is 0 Å². The first-order valence-corrected chi connectivity index (χ1v) is 5.90. The Hall–Kier alpha value is -0.290. The van der Waals surface area contributed by atoms with Gasteiger partial charge in [0.15, 0.2) is 0 Å². The van der Waals surface area contributed by atoms with Gasteiger partial charge < -0.3 is 5.73 Å². The fraction of sp³-hybridized carbons (Fsp3) is 1.00. The molecule has 96 valence electrons. The van der Waals surface area contributed by atoms with Crippen LogP contribution in [0.5, 0.6) is 0 Å². The Bertz CT molecular complexity index is 218. The third kappa shape index (κ3) is 3.94. The van der Waals surface area contributed by atoms with Gasteiger partial charge in [0.2, 0.25) is 0 Å². The highest BCUT2D eigenvalue weighted by molar-refractivity contribution is 4.88. The van der Waals surface area contributed by atoms with Gasteiger partial charge in [-0.25, -0.2) is 0 Å². The van der Waals surface area contributed by atoms with Crippen LogP contribution in [0.25, 0.3) is 0 Å². The Morgan fingerprint density at radius 2 is 1.94 bits per heavy atom. The summed E-state index contributed by atoms with van der Waals surface area (Å²) in [6.07, 6.45) is -1.48. The highest BCUT2D eigenvalue weighted by Crippen LogP contribution is 2.28. The minimum absolute atomic E-state index is 0.113. The van der Waals surface area contributed by atoms with Crippen LogP contribution in [0.2, 0.25) is 0 Å². The van der Waals surface area contributed by atoms with Crippen molar-refractivity contribution in [2.24, 2.45) is 11.7 Å². The maximum absolute atomic E-state index is 12.4. The molecule has 0 aromatic carbocycles. The predicted octanol–water partition coefficient (Wildman–Crippen LogP) is 2.39. The highest BCUT2D eigenvalue weighted by atomic mass is 19.4. The van der Waals surface area contributed by atoms with Gasteiger partial charge in [-0.1, -0.05) is 13.8 Å². The molecule has 0 heterocycles. The van der Waals surface area contributed by atoms with Gasteiger partial charge in [-0.15, -0.1) is 0 Å². The molecule has 0 radical (unpaired) electrons. The molecule has 2 nitrogen and oxygen atoms in total. The Morgan fingerprint density at radius 1 is 1.31 bits per heavy atom. The molecule has 0 aromatic rings. The zero-order chi connectivity index (χ0) is 12.3. The molecule has 0 bridgehead atoms. The average molecular weight is 238 g/mol. The SMILES string of the molecule is CCN(CC(F)(F)F)C1CC(C)CCC1N. The average Bonchev–Trinajstić information content (AvgIpc) is 2.17. The molecule has 1 aliphatic rings. The predicted molar refractivity (Wildman–Crippen MR) is 58.1 cm³/mol. The molecule has 0 saturated heterocycles. The van der Waals surface area contributed by atoms with Crippen molar-refractivity contribution in [2.75, 3.05) is 13.1 Å². The van der Waals surface area contributed by atoms with Crippen LogP contribution in [0, 0.1) is 5.92 Å². The molecule has 5 heteroatoms. The van der Waals surface area contributed by atoms with Gasteiger partial charge in [-0.2, -0.15) is 13.2 Å². The van der Waals surface area contributed by atoms with Crippen molar-refractivity contribution in [3.63, 3.8) is 0 Å². The summed E-state index contributed by atoms with van der Waals surface area (Å²) in [5.74, 6) is 0.479. The van der Waals surface area contributed by atoms with E-state index < -0.39 is 12.7 Å². The molecule has 1 aliphatic carbocycles. The summed E-state index contributed by atoms with van der Waals surface area (Å²) in [6, 6.07) is -0.228. The molecule has 3 atom stereocenters. The zero-order valence-electron chi connectivity index (χ0n) is 9.93. The van der Waals surface area contributed by atoms with E-state index in [0.29, 0.717) is 12.5 Å². The second kappa shape index (κ2) is 5.36. The van der Waals surface area contributed by atoms with Gasteiger partial charge >= 0.3 is 6.18 Å². The second-order valence-corrected chi connectivity index (χ2v) is 4.83. The molecule has 0 aliphatic heterocycles. The number of rotatable bonds is 3. The van der Waals surface area contributed by atoms with Crippen molar-refractivity contribution in [1.29, 1.82) is 0 Å². The molecule has 0 aromatic heterocycles. The summed E-state index contributed by atoms with van der Waals surface area (Å²) in [5.41, 5.74) is 5.93. The summed E-state index contributed by atoms with van der Waals surface area (Å²) in [6.45, 7) is 3.41. The molecule has 1 saturated carbocycles. The van der Waals surface area contributed by atoms with E-state index in [1.807, 2.05) is 0 Å². The van der Waals surface area contributed by atoms with E-state index in [2.05, 4.69) is 6.92 Å². The zero-order valence-corrected chi connectivity index (χ0v) is 9.93. The van der Waals surface area contributed by atoms with Gasteiger partial charge in [0.05, 0.1) is 6.54 Å². The lowest BCUT2D eigenvalue weighted by atomic mass is 9.83. The summed E-state index contributed by atoms with van der Waals surface area (Å²) in [7, 11) is 0. The third-order valence-electron chi connectivity index (χ3n) is 3.39. The largest absolute Gasteiger partial charge is 0.401 e. The first kappa shape index (κ1) is 13.8. The smallest absolute Gasteiger partial charge is 0.326 e. The molecular weight excluding hydrogens is 217 g/mol. The topological polar surface area (TPSA) is 29.3 Å². The molecule has 2 N–H and O–H groups in total. The van der Waals surface area contributed by atoms with Gasteiger partial charge in [0.1, 0.15) is 0 Å². The highest BCUT2D eigenvalue weighted by Gasteiger charge is 2.37. The number of alkyl halides is 3. The first-order chi connectivity index (χ1) is 7.33. The van der Waals surface area contributed by atoms with Crippen LogP contribution >= 0.6 is 0 Å². The van der Waals surface area contributed by atoms with Crippen LogP contribution in [-0.4, -0.2) is 36.2 Å². The number of nitrogens with zero attached hydrogens (tertiary/aromatic N) is 1. The summed E-state index contributed by atoms with van der Waals surface area (Å²) >= 11 is 0. The van der Waals surface area contributed by atoms with Crippen LogP contribution in [0.15, 0.2) is 0 Å². The Balaban J connectivity index is 2.63. The number of hydrogen-bond acceptors (Lipinski definition) is 2. The minimum Gasteiger partial charge on any atom is -0.326 e. The van der Waals surface area contributed by atoms with E-state index in [1.54, 1.807) is 6.92 Å². The summed E-state index contributed by atoms with van der Waals surface area (Å²) in [5, 5.41) is 0. The molecular formula is C11H21F3N2. The lowest BCUT2D eigenvalue weighted by molar-refractivity contribution is -0.153. The van der Waals surface area contributed by atoms with E-state index in [9.17, 15) is 13.2 Å². The molecule has 0 spiro atoms. The van der Waals surface area contributed by atoms with Crippen molar-refractivity contribution in [3.05, 3.63) is 0 Å². The number of hydrogen-bond donors (Lipinski definition) is 1. The van der Waals surface area contributed by atoms with E-state index in [1.165, 1.54) is 4.90 Å². The summed E-state index contributed by atoms with van der Waals surface area (Å²) in [4.78, 5) is 1.47. The lowest BCUT2D eigenvalue weighted by Gasteiger charge is -2.40. The fourth-order valence-electron chi connectivity index (χ4n) is 2.49. The molecule has 1 rings (SSSR count). The lowest BCUT2D eigenvalue weighted by Crippen LogP contribution is -2.53. The molecule has 3 unspecified atom stereocenters. The maximum Gasteiger partial charge on any atom is 0.401 e. The number of likely N-dealkylation sites (N-methyl/N-ethyl adjacent to an activating group) is 1. The van der Waals surface area contributed by atoms with Crippen molar-refractivity contribution >= 4 is 0 Å². The van der Waals surface area contributed by atoms with Gasteiger partial charge in [-0.05, 0) is 31.7 Å². The first-order valence-electron chi connectivity index (χ1n) is 5.90. The molecule has 0 amide bonds. The Labute approximate surface area is 95.0 Å². The Kier molecular flexibility index (Phi) is 4.62. The monoisotopic (exact) mass is 238 g/mol. The van der Waals surface area contributed by atoms with Crippen LogP contribution in [0.1, 0.15) is 33.1 Å². The van der Waals surface area contributed by atoms with E-state index in [-0.39, 0.29) is 12.1 Å². The van der Waals surface area contributed by atoms with Crippen LogP contribution < -0.4 is 5.73 Å². The quantitative estimate of drug-likeness (QED) is 0.818. The maximum atomic E-state index is 12.4. The fourth-order valence-corrected chi connectivity index (χ4v) is 2.49. The summed E-state index contributed by atoms with van der Waals surface area (Å²) < 4.78 is 37.2. The molecule has 16 heavy (non-hydrogen) atoms. The Morgan fingerprint density at radius 3 is 2.44 bits per heavy atom. The number of halogens is 3. The van der Waals surface area contributed by atoms with Crippen molar-refractivity contribution < 1.29 is 13.2 Å². The van der Waals surface area contributed by atoms with Crippen LogP contribution in [-0.2, 0) is 0 Å². The van der Waals surface area contributed by atoms with Crippen LogP contribution in [0.4, 0.5) is 13.2 Å². The van der Waals surface area contributed by atoms with Crippen molar-refractivity contribution in [3.8, 4) is 0 Å². The standard InChI is InChI=1S/C11H21F3N2/c1-3-16(7-11(12,13)14)10-6-8(2)4-5-9(10)15/h8-10H,3-7,15H2,1-2H3. The van der Waals surface area contributed by atoms with E-state index >= 15 is 0 Å². The second-order valence-electron chi connectivity index (χ2n) is 4.83. The van der Waals surface area contributed by atoms with Gasteiger partial charge in [0, 0.05) is 12.1 Å².